The van der Waals surface area contributed by atoms with Crippen LogP contribution in [0.25, 0.3) is 5.69 Å². The van der Waals surface area contributed by atoms with Gasteiger partial charge in [-0.2, -0.15) is 5.10 Å². The number of hydrogen-bond acceptors (Lipinski definition) is 2. The molecule has 0 bridgehead atoms. The van der Waals surface area contributed by atoms with E-state index in [1.807, 2.05) is 31.2 Å². The predicted octanol–water partition coefficient (Wildman–Crippen LogP) is 4.47. The Morgan fingerprint density at radius 1 is 1.26 bits per heavy atom. The van der Waals surface area contributed by atoms with Crippen LogP contribution in [0.5, 0.6) is 0 Å². The number of carbonyl (C=O) groups excluding carboxylic acids is 1. The summed E-state index contributed by atoms with van der Waals surface area (Å²) in [4.78, 5) is 12.1. The highest BCUT2D eigenvalue weighted by atomic mass is 79.9. The highest BCUT2D eigenvalue weighted by Gasteiger charge is 2.12. The number of rotatable bonds is 5. The highest BCUT2D eigenvalue weighted by molar-refractivity contribution is 9.10. The largest absolute Gasteiger partial charge is 0.334 e. The average molecular weight is 435 g/mol. The Morgan fingerprint density at radius 2 is 2.04 bits per heavy atom. The van der Waals surface area contributed by atoms with E-state index in [9.17, 15) is 13.6 Å². The molecule has 1 aromatic heterocycles. The van der Waals surface area contributed by atoms with Crippen LogP contribution in [0.15, 0.2) is 59.3 Å². The maximum atomic E-state index is 13.8. The van der Waals surface area contributed by atoms with Crippen molar-refractivity contribution in [2.24, 2.45) is 0 Å². The molecule has 0 spiro atoms. The minimum Gasteiger partial charge on any atom is -0.334 e. The summed E-state index contributed by atoms with van der Waals surface area (Å²) in [7, 11) is 0. The van der Waals surface area contributed by atoms with Crippen molar-refractivity contribution < 1.29 is 13.6 Å². The monoisotopic (exact) mass is 434 g/mol. The molecule has 5 nitrogen and oxygen atoms in total. The molecule has 0 fully saturated rings. The van der Waals surface area contributed by atoms with Crippen LogP contribution in [0.3, 0.4) is 0 Å². The van der Waals surface area contributed by atoms with Gasteiger partial charge in [-0.25, -0.2) is 18.3 Å². The lowest BCUT2D eigenvalue weighted by atomic mass is 10.1. The molecule has 0 aliphatic heterocycles. The molecule has 3 aromatic rings. The molecule has 0 aliphatic carbocycles. The van der Waals surface area contributed by atoms with Gasteiger partial charge in [0.25, 0.3) is 0 Å². The number of urea groups is 1. The third-order valence-electron chi connectivity index (χ3n) is 3.97. The van der Waals surface area contributed by atoms with E-state index in [0.717, 1.165) is 22.2 Å². The maximum absolute atomic E-state index is 13.8. The highest BCUT2D eigenvalue weighted by Crippen LogP contribution is 2.22. The summed E-state index contributed by atoms with van der Waals surface area (Å²) in [6, 6.07) is 10.4. The van der Waals surface area contributed by atoms with E-state index >= 15 is 0 Å². The van der Waals surface area contributed by atoms with Crippen molar-refractivity contribution in [3.63, 3.8) is 0 Å². The summed E-state index contributed by atoms with van der Waals surface area (Å²) >= 11 is 3.46. The van der Waals surface area contributed by atoms with Gasteiger partial charge >= 0.3 is 6.03 Å². The van der Waals surface area contributed by atoms with E-state index in [4.69, 9.17) is 0 Å². The Bertz CT molecular complexity index is 960. The van der Waals surface area contributed by atoms with E-state index in [-0.39, 0.29) is 24.3 Å². The van der Waals surface area contributed by atoms with Gasteiger partial charge in [0.05, 0.1) is 12.2 Å². The molecule has 2 amide bonds. The second-order valence-corrected chi connectivity index (χ2v) is 6.81. The Kier molecular flexibility index (Phi) is 5.85. The zero-order chi connectivity index (χ0) is 19.4. The van der Waals surface area contributed by atoms with Crippen molar-refractivity contribution in [2.75, 3.05) is 0 Å². The number of benzene rings is 2. The van der Waals surface area contributed by atoms with E-state index in [1.54, 1.807) is 6.20 Å². The molecule has 0 saturated heterocycles. The molecule has 0 radical (unpaired) electrons. The number of hydrogen-bond donors (Lipinski definition) is 2. The number of aromatic nitrogens is 2. The van der Waals surface area contributed by atoms with Crippen LogP contribution in [0.2, 0.25) is 0 Å². The summed E-state index contributed by atoms with van der Waals surface area (Å²) in [5.41, 5.74) is 1.78. The van der Waals surface area contributed by atoms with E-state index in [1.165, 1.54) is 16.9 Å². The second-order valence-electron chi connectivity index (χ2n) is 5.96. The average Bonchev–Trinajstić information content (AvgIpc) is 3.09. The number of carbonyl (C=O) groups is 1. The predicted molar refractivity (Wildman–Crippen MR) is 101 cm³/mol. The first kappa shape index (κ1) is 19.0. The molecule has 1 atom stereocenters. The van der Waals surface area contributed by atoms with Gasteiger partial charge in [-0.3, -0.25) is 0 Å². The van der Waals surface area contributed by atoms with Gasteiger partial charge in [0, 0.05) is 28.8 Å². The Hall–Kier alpha value is -2.74. The van der Waals surface area contributed by atoms with Gasteiger partial charge in [0.15, 0.2) is 5.82 Å². The molecule has 1 unspecified atom stereocenters. The molecule has 3 rings (SSSR count). The van der Waals surface area contributed by atoms with Gasteiger partial charge in [0.1, 0.15) is 11.5 Å². The van der Waals surface area contributed by atoms with Crippen LogP contribution in [0.4, 0.5) is 13.6 Å². The molecule has 0 aliphatic rings. The molecular weight excluding hydrogens is 418 g/mol. The zero-order valence-electron chi connectivity index (χ0n) is 14.4. The first-order valence-electron chi connectivity index (χ1n) is 8.22. The Balaban J connectivity index is 1.58. The lowest BCUT2D eigenvalue weighted by Crippen LogP contribution is -2.36. The number of nitrogens with zero attached hydrogens (tertiary/aromatic N) is 2. The SMILES string of the molecule is CC(NC(=O)NCc1cnn(-c2ccc(F)cc2F)c1)c1ccccc1Br. The minimum absolute atomic E-state index is 0.134. The fourth-order valence-corrected chi connectivity index (χ4v) is 3.21. The standard InChI is InChI=1S/C19H17BrF2N4O/c1-12(15-4-2-3-5-16(15)20)25-19(27)23-9-13-10-24-26(11-13)18-7-6-14(21)8-17(18)22/h2-8,10-12H,9H2,1H3,(H2,23,25,27). The van der Waals surface area contributed by atoms with Crippen molar-refractivity contribution in [3.8, 4) is 5.69 Å². The molecule has 0 saturated carbocycles. The van der Waals surface area contributed by atoms with E-state index in [2.05, 4.69) is 31.7 Å². The van der Waals surface area contributed by atoms with Crippen molar-refractivity contribution in [1.82, 2.24) is 20.4 Å². The molecular formula is C19H17BrF2N4O. The Morgan fingerprint density at radius 3 is 2.78 bits per heavy atom. The van der Waals surface area contributed by atoms with Gasteiger partial charge < -0.3 is 10.6 Å². The van der Waals surface area contributed by atoms with Crippen LogP contribution in [0.1, 0.15) is 24.1 Å². The first-order chi connectivity index (χ1) is 12.9. The number of nitrogens with one attached hydrogen (secondary N) is 2. The van der Waals surface area contributed by atoms with Crippen LogP contribution in [-0.2, 0) is 6.54 Å². The summed E-state index contributed by atoms with van der Waals surface area (Å²) in [5, 5.41) is 9.64. The number of amides is 2. The third-order valence-corrected chi connectivity index (χ3v) is 4.69. The Labute approximate surface area is 163 Å². The van der Waals surface area contributed by atoms with E-state index < -0.39 is 11.6 Å². The fraction of sp³-hybridized carbons (Fsp3) is 0.158. The van der Waals surface area contributed by atoms with Crippen molar-refractivity contribution in [2.45, 2.75) is 19.5 Å². The molecule has 140 valence electrons. The molecule has 1 heterocycles. The van der Waals surface area contributed by atoms with Gasteiger partial charge in [0.2, 0.25) is 0 Å². The summed E-state index contributed by atoms with van der Waals surface area (Å²) < 4.78 is 29.0. The van der Waals surface area contributed by atoms with Crippen molar-refractivity contribution >= 4 is 22.0 Å². The van der Waals surface area contributed by atoms with Crippen LogP contribution in [0, 0.1) is 11.6 Å². The zero-order valence-corrected chi connectivity index (χ0v) is 16.0. The lowest BCUT2D eigenvalue weighted by Gasteiger charge is -2.16. The van der Waals surface area contributed by atoms with Crippen LogP contribution in [-0.4, -0.2) is 15.8 Å². The van der Waals surface area contributed by atoms with Gasteiger partial charge in [-0.15, -0.1) is 0 Å². The summed E-state index contributed by atoms with van der Waals surface area (Å²) in [5.74, 6) is -1.36. The van der Waals surface area contributed by atoms with Gasteiger partial charge in [-0.1, -0.05) is 34.1 Å². The fourth-order valence-electron chi connectivity index (χ4n) is 2.58. The van der Waals surface area contributed by atoms with Gasteiger partial charge in [-0.05, 0) is 30.7 Å². The molecule has 27 heavy (non-hydrogen) atoms. The quantitative estimate of drug-likeness (QED) is 0.621. The van der Waals surface area contributed by atoms with Crippen molar-refractivity contribution in [1.29, 1.82) is 0 Å². The molecule has 8 heteroatoms. The second kappa shape index (κ2) is 8.30. The smallest absolute Gasteiger partial charge is 0.315 e. The topological polar surface area (TPSA) is 59.0 Å². The normalized spacial score (nSPS) is 11.9. The van der Waals surface area contributed by atoms with Crippen LogP contribution >= 0.6 is 15.9 Å². The first-order valence-corrected chi connectivity index (χ1v) is 9.01. The van der Waals surface area contributed by atoms with Crippen LogP contribution < -0.4 is 10.6 Å². The van der Waals surface area contributed by atoms with Crippen molar-refractivity contribution in [3.05, 3.63) is 82.1 Å². The summed E-state index contributed by atoms with van der Waals surface area (Å²) in [6.45, 7) is 2.10. The number of halogens is 3. The maximum Gasteiger partial charge on any atom is 0.315 e. The molecule has 2 N–H and O–H groups in total. The summed E-state index contributed by atoms with van der Waals surface area (Å²) in [6.07, 6.45) is 3.09. The lowest BCUT2D eigenvalue weighted by molar-refractivity contribution is 0.237. The van der Waals surface area contributed by atoms with E-state index in [0.29, 0.717) is 5.56 Å². The molecule has 2 aromatic carbocycles. The minimum atomic E-state index is -0.711. The third kappa shape index (κ3) is 4.71.